The lowest BCUT2D eigenvalue weighted by Gasteiger charge is -2.37. The Balaban J connectivity index is 1.13. The monoisotopic (exact) mass is 509 g/mol. The van der Waals surface area contributed by atoms with Gasteiger partial charge in [-0.05, 0) is 25.0 Å². The van der Waals surface area contributed by atoms with Gasteiger partial charge in [0, 0.05) is 71.0 Å². The summed E-state index contributed by atoms with van der Waals surface area (Å²) in [5, 5.41) is 3.21. The Morgan fingerprint density at radius 1 is 1.00 bits per heavy atom. The Morgan fingerprint density at radius 3 is 2.43 bits per heavy atom. The van der Waals surface area contributed by atoms with Gasteiger partial charge >= 0.3 is 6.03 Å². The molecule has 0 unspecified atom stereocenters. The molecule has 0 atom stereocenters. The highest BCUT2D eigenvalue weighted by Gasteiger charge is 2.25. The number of urea groups is 1. The van der Waals surface area contributed by atoms with Crippen LogP contribution in [0.25, 0.3) is 0 Å². The lowest BCUT2D eigenvalue weighted by molar-refractivity contribution is 0.186. The number of piperazine rings is 2. The van der Waals surface area contributed by atoms with Crippen molar-refractivity contribution in [1.29, 1.82) is 0 Å². The predicted molar refractivity (Wildman–Crippen MR) is 145 cm³/mol. The fraction of sp³-hybridized carbons (Fsp3) is 0.593. The van der Waals surface area contributed by atoms with E-state index < -0.39 is 0 Å². The molecule has 0 bridgehead atoms. The number of anilines is 2. The quantitative estimate of drug-likeness (QED) is 0.617. The summed E-state index contributed by atoms with van der Waals surface area (Å²) < 4.78 is 5.53. The van der Waals surface area contributed by atoms with Crippen molar-refractivity contribution < 1.29 is 9.53 Å². The number of aromatic amines is 1. The number of ether oxygens (including phenoxy) is 1. The number of rotatable bonds is 6. The maximum atomic E-state index is 12.7. The fourth-order valence-corrected chi connectivity index (χ4v) is 5.63. The maximum absolute atomic E-state index is 12.7. The highest BCUT2D eigenvalue weighted by Crippen LogP contribution is 2.28. The molecule has 1 saturated carbocycles. The second-order valence-electron chi connectivity index (χ2n) is 10.3. The van der Waals surface area contributed by atoms with E-state index in [0.29, 0.717) is 44.7 Å². The molecule has 2 N–H and O–H groups in total. The minimum Gasteiger partial charge on any atom is -0.495 e. The van der Waals surface area contributed by atoms with Crippen LogP contribution in [0.3, 0.4) is 0 Å². The third kappa shape index (κ3) is 6.36. The van der Waals surface area contributed by atoms with E-state index in [-0.39, 0.29) is 11.6 Å². The molecule has 1 aliphatic carbocycles. The van der Waals surface area contributed by atoms with Crippen LogP contribution in [0.2, 0.25) is 0 Å². The molecule has 1 aromatic carbocycles. The first kappa shape index (κ1) is 25.4. The van der Waals surface area contributed by atoms with Gasteiger partial charge in [-0.1, -0.05) is 31.4 Å². The first-order valence-electron chi connectivity index (χ1n) is 13.6. The van der Waals surface area contributed by atoms with Gasteiger partial charge in [0.15, 0.2) is 0 Å². The number of H-pyrrole nitrogens is 1. The summed E-state index contributed by atoms with van der Waals surface area (Å²) in [5.41, 5.74) is 1.76. The number of nitrogens with zero attached hydrogens (tertiary/aromatic N) is 5. The average molecular weight is 510 g/mol. The Hall–Kier alpha value is -3.27. The summed E-state index contributed by atoms with van der Waals surface area (Å²) >= 11 is 0. The van der Waals surface area contributed by atoms with Crippen LogP contribution in [0.4, 0.5) is 16.4 Å². The number of nitrogens with one attached hydrogen (secondary N) is 2. The summed E-state index contributed by atoms with van der Waals surface area (Å²) in [6, 6.07) is 10.1. The summed E-state index contributed by atoms with van der Waals surface area (Å²) in [4.78, 5) is 41.5. The Morgan fingerprint density at radius 2 is 1.70 bits per heavy atom. The molecule has 1 aromatic heterocycles. The van der Waals surface area contributed by atoms with Gasteiger partial charge < -0.3 is 24.8 Å². The zero-order valence-corrected chi connectivity index (χ0v) is 21.8. The Bertz CT molecular complexity index is 1100. The topological polar surface area (TPSA) is 97.0 Å². The number of carbonyl (C=O) groups excluding carboxylic acids is 1. The number of aromatic nitrogens is 2. The molecular weight excluding hydrogens is 470 g/mol. The number of carbonyl (C=O) groups is 1. The molecule has 5 rings (SSSR count). The minimum atomic E-state index is -0.134. The van der Waals surface area contributed by atoms with Gasteiger partial charge in [0.05, 0.1) is 18.5 Å². The largest absolute Gasteiger partial charge is 0.495 e. The predicted octanol–water partition coefficient (Wildman–Crippen LogP) is 2.27. The third-order valence-corrected chi connectivity index (χ3v) is 7.77. The standard InChI is InChI=1S/C27H39N7O3/c1-37-24-10-6-5-9-23(24)32-13-11-31(12-14-32)20-22-19-25(35)30-26(28-22)33-15-17-34(18-16-33)27(36)29-21-7-3-2-4-8-21/h5-6,9-10,19,21H,2-4,7-8,11-18,20H2,1H3,(H,29,36)(H,28,30,35). The molecule has 2 aliphatic heterocycles. The van der Waals surface area contributed by atoms with Gasteiger partial charge in [0.1, 0.15) is 5.75 Å². The van der Waals surface area contributed by atoms with E-state index in [1.165, 1.54) is 19.3 Å². The van der Waals surface area contributed by atoms with Gasteiger partial charge in [-0.25, -0.2) is 9.78 Å². The molecule has 37 heavy (non-hydrogen) atoms. The van der Waals surface area contributed by atoms with Crippen LogP contribution in [-0.2, 0) is 6.54 Å². The molecule has 3 aliphatic rings. The van der Waals surface area contributed by atoms with E-state index in [1.54, 1.807) is 13.2 Å². The number of para-hydroxylation sites is 2. The number of amides is 2. The Labute approximate surface area is 218 Å². The molecule has 2 saturated heterocycles. The first-order chi connectivity index (χ1) is 18.1. The molecule has 0 radical (unpaired) electrons. The van der Waals surface area contributed by atoms with E-state index in [1.807, 2.05) is 23.1 Å². The third-order valence-electron chi connectivity index (χ3n) is 7.77. The zero-order chi connectivity index (χ0) is 25.6. The molecule has 2 amide bonds. The lowest BCUT2D eigenvalue weighted by atomic mass is 9.96. The highest BCUT2D eigenvalue weighted by molar-refractivity contribution is 5.74. The van der Waals surface area contributed by atoms with Gasteiger partial charge in [-0.3, -0.25) is 14.7 Å². The van der Waals surface area contributed by atoms with Crippen LogP contribution in [0.5, 0.6) is 5.75 Å². The van der Waals surface area contributed by atoms with Crippen LogP contribution in [0, 0.1) is 0 Å². The molecule has 2 aromatic rings. The van der Waals surface area contributed by atoms with Crippen molar-refractivity contribution in [3.8, 4) is 5.75 Å². The number of benzene rings is 1. The van der Waals surface area contributed by atoms with Gasteiger partial charge in [-0.2, -0.15) is 0 Å². The SMILES string of the molecule is COc1ccccc1N1CCN(Cc2cc(=O)[nH]c(N3CCN(C(=O)NC4CCCCC4)CC3)n2)CC1. The summed E-state index contributed by atoms with van der Waals surface area (Å²) in [7, 11) is 1.71. The summed E-state index contributed by atoms with van der Waals surface area (Å²) in [5.74, 6) is 1.49. The van der Waals surface area contributed by atoms with E-state index in [2.05, 4.69) is 31.1 Å². The van der Waals surface area contributed by atoms with Gasteiger partial charge in [-0.15, -0.1) is 0 Å². The van der Waals surface area contributed by atoms with E-state index in [4.69, 9.17) is 9.72 Å². The second-order valence-corrected chi connectivity index (χ2v) is 10.3. The van der Waals surface area contributed by atoms with Crippen LogP contribution >= 0.6 is 0 Å². The van der Waals surface area contributed by atoms with Crippen LogP contribution in [0.15, 0.2) is 35.1 Å². The highest BCUT2D eigenvalue weighted by atomic mass is 16.5. The fourth-order valence-electron chi connectivity index (χ4n) is 5.63. The van der Waals surface area contributed by atoms with Crippen molar-refractivity contribution in [3.05, 3.63) is 46.4 Å². The second kappa shape index (κ2) is 11.9. The molecule has 0 spiro atoms. The normalized spacial score (nSPS) is 19.6. The number of hydrogen-bond donors (Lipinski definition) is 2. The van der Waals surface area contributed by atoms with Crippen molar-refractivity contribution in [2.75, 3.05) is 69.3 Å². The maximum Gasteiger partial charge on any atom is 0.317 e. The van der Waals surface area contributed by atoms with Crippen molar-refractivity contribution >= 4 is 17.7 Å². The van der Waals surface area contributed by atoms with E-state index in [9.17, 15) is 9.59 Å². The van der Waals surface area contributed by atoms with Gasteiger partial charge in [0.2, 0.25) is 5.95 Å². The molecule has 10 heteroatoms. The number of methoxy groups -OCH3 is 1. The van der Waals surface area contributed by atoms with Crippen molar-refractivity contribution in [1.82, 2.24) is 25.1 Å². The molecular formula is C27H39N7O3. The first-order valence-corrected chi connectivity index (χ1v) is 13.6. The van der Waals surface area contributed by atoms with Crippen molar-refractivity contribution in [2.45, 2.75) is 44.7 Å². The molecule has 10 nitrogen and oxygen atoms in total. The molecule has 3 fully saturated rings. The van der Waals surface area contributed by atoms with Crippen LogP contribution < -0.4 is 25.4 Å². The smallest absolute Gasteiger partial charge is 0.317 e. The average Bonchev–Trinajstić information content (AvgIpc) is 2.94. The van der Waals surface area contributed by atoms with Gasteiger partial charge in [0.25, 0.3) is 5.56 Å². The molecule has 200 valence electrons. The van der Waals surface area contributed by atoms with E-state index in [0.717, 1.165) is 56.2 Å². The minimum absolute atomic E-state index is 0.0361. The van der Waals surface area contributed by atoms with Crippen LogP contribution in [0.1, 0.15) is 37.8 Å². The van der Waals surface area contributed by atoms with E-state index >= 15 is 0 Å². The van der Waals surface area contributed by atoms with Crippen molar-refractivity contribution in [3.63, 3.8) is 0 Å². The zero-order valence-electron chi connectivity index (χ0n) is 21.8. The van der Waals surface area contributed by atoms with Crippen molar-refractivity contribution in [2.24, 2.45) is 0 Å². The number of hydrogen-bond acceptors (Lipinski definition) is 7. The lowest BCUT2D eigenvalue weighted by Crippen LogP contribution is -2.54. The molecule has 3 heterocycles. The summed E-state index contributed by atoms with van der Waals surface area (Å²) in [6.07, 6.45) is 5.84. The Kier molecular flexibility index (Phi) is 8.13. The summed E-state index contributed by atoms with van der Waals surface area (Å²) in [6.45, 7) is 6.75. The van der Waals surface area contributed by atoms with Crippen LogP contribution in [-0.4, -0.2) is 91.3 Å².